The molecule has 2 nitrogen and oxygen atoms in total. The molecule has 0 fully saturated rings. The van der Waals surface area contributed by atoms with Crippen LogP contribution in [-0.2, 0) is 0 Å². The summed E-state index contributed by atoms with van der Waals surface area (Å²) in [5.41, 5.74) is 6.52. The van der Waals surface area contributed by atoms with Gasteiger partial charge in [-0.15, -0.1) is 0 Å². The molecular formula is C8H11ClN2. The van der Waals surface area contributed by atoms with Crippen LogP contribution < -0.4 is 10.6 Å². The van der Waals surface area contributed by atoms with Gasteiger partial charge in [0.2, 0.25) is 0 Å². The van der Waals surface area contributed by atoms with Crippen molar-refractivity contribution in [3.63, 3.8) is 0 Å². The number of nitrogens with zero attached hydrogens (tertiary/aromatic N) is 1. The van der Waals surface area contributed by atoms with Gasteiger partial charge in [0, 0.05) is 17.8 Å². The number of hydrogen-bond acceptors (Lipinski definition) is 2. The van der Waals surface area contributed by atoms with Crippen LogP contribution >= 0.6 is 11.6 Å². The molecule has 1 aromatic carbocycles. The summed E-state index contributed by atoms with van der Waals surface area (Å²) >= 11 is 5.71. The quantitative estimate of drug-likeness (QED) is 0.685. The lowest BCUT2D eigenvalue weighted by molar-refractivity contribution is 0.933. The van der Waals surface area contributed by atoms with E-state index in [1.165, 1.54) is 0 Å². The fourth-order valence-electron chi connectivity index (χ4n) is 0.801. The van der Waals surface area contributed by atoms with Crippen molar-refractivity contribution in [2.75, 3.05) is 18.6 Å². The van der Waals surface area contributed by atoms with Gasteiger partial charge in [0.25, 0.3) is 0 Å². The zero-order valence-corrected chi connectivity index (χ0v) is 7.17. The Kier molecular flexibility index (Phi) is 2.74. The van der Waals surface area contributed by atoms with Crippen molar-refractivity contribution in [1.29, 1.82) is 0 Å². The number of anilines is 1. The van der Waals surface area contributed by atoms with Gasteiger partial charge in [-0.2, -0.15) is 0 Å². The third kappa shape index (κ3) is 2.10. The normalized spacial score (nSPS) is 9.73. The third-order valence-electron chi connectivity index (χ3n) is 1.54. The third-order valence-corrected chi connectivity index (χ3v) is 1.79. The second kappa shape index (κ2) is 3.60. The molecule has 1 rings (SSSR count). The molecule has 0 aliphatic heterocycles. The maximum atomic E-state index is 5.71. The Balaban J connectivity index is 2.81. The topological polar surface area (TPSA) is 29.3 Å². The van der Waals surface area contributed by atoms with E-state index in [0.717, 1.165) is 10.7 Å². The Morgan fingerprint density at radius 3 is 2.36 bits per heavy atom. The average Bonchev–Trinajstić information content (AvgIpc) is 2.05. The molecule has 0 bridgehead atoms. The van der Waals surface area contributed by atoms with E-state index in [1.807, 2.05) is 36.2 Å². The van der Waals surface area contributed by atoms with Gasteiger partial charge in [-0.25, -0.2) is 0 Å². The Morgan fingerprint density at radius 2 is 1.91 bits per heavy atom. The SMILES string of the molecule is CN(CN)c1ccc(Cl)cc1. The van der Waals surface area contributed by atoms with E-state index >= 15 is 0 Å². The van der Waals surface area contributed by atoms with Crippen molar-refractivity contribution in [2.45, 2.75) is 0 Å². The molecule has 0 radical (unpaired) electrons. The number of nitrogens with two attached hydrogens (primary N) is 1. The summed E-state index contributed by atoms with van der Waals surface area (Å²) in [5, 5.41) is 0.749. The minimum absolute atomic E-state index is 0.516. The van der Waals surface area contributed by atoms with Crippen molar-refractivity contribution >= 4 is 17.3 Å². The molecule has 0 aromatic heterocycles. The first kappa shape index (κ1) is 8.37. The summed E-state index contributed by atoms with van der Waals surface area (Å²) in [6, 6.07) is 7.58. The highest BCUT2D eigenvalue weighted by Crippen LogP contribution is 2.15. The molecule has 11 heavy (non-hydrogen) atoms. The smallest absolute Gasteiger partial charge is 0.0653 e. The van der Waals surface area contributed by atoms with E-state index in [-0.39, 0.29) is 0 Å². The van der Waals surface area contributed by atoms with Crippen molar-refractivity contribution in [3.05, 3.63) is 29.3 Å². The molecule has 0 unspecified atom stereocenters. The Labute approximate surface area is 71.6 Å². The van der Waals surface area contributed by atoms with Gasteiger partial charge in [0.1, 0.15) is 0 Å². The molecule has 2 N–H and O–H groups in total. The monoisotopic (exact) mass is 170 g/mol. The van der Waals surface area contributed by atoms with Crippen LogP contribution in [0.15, 0.2) is 24.3 Å². The molecule has 0 amide bonds. The zero-order chi connectivity index (χ0) is 8.27. The predicted octanol–water partition coefficient (Wildman–Crippen LogP) is 1.69. The van der Waals surface area contributed by atoms with E-state index in [9.17, 15) is 0 Å². The zero-order valence-electron chi connectivity index (χ0n) is 6.42. The predicted molar refractivity (Wildman–Crippen MR) is 48.9 cm³/mol. The first-order chi connectivity index (χ1) is 5.24. The maximum absolute atomic E-state index is 5.71. The van der Waals surface area contributed by atoms with Gasteiger partial charge in [-0.3, -0.25) is 0 Å². The van der Waals surface area contributed by atoms with Crippen LogP contribution in [0.3, 0.4) is 0 Å². The van der Waals surface area contributed by atoms with Gasteiger partial charge in [-0.05, 0) is 24.3 Å². The number of benzene rings is 1. The van der Waals surface area contributed by atoms with Gasteiger partial charge in [-0.1, -0.05) is 11.6 Å². The van der Waals surface area contributed by atoms with Crippen LogP contribution in [0.2, 0.25) is 5.02 Å². The molecule has 1 aromatic rings. The van der Waals surface area contributed by atoms with Crippen LogP contribution in [0.4, 0.5) is 5.69 Å². The van der Waals surface area contributed by atoms with E-state index in [1.54, 1.807) is 0 Å². The maximum Gasteiger partial charge on any atom is 0.0653 e. The second-order valence-corrected chi connectivity index (χ2v) is 2.79. The van der Waals surface area contributed by atoms with Crippen LogP contribution in [0.25, 0.3) is 0 Å². The van der Waals surface area contributed by atoms with Gasteiger partial charge in [0.15, 0.2) is 0 Å². The lowest BCUT2D eigenvalue weighted by atomic mass is 10.3. The Bertz CT molecular complexity index is 220. The van der Waals surface area contributed by atoms with Crippen LogP contribution in [0.5, 0.6) is 0 Å². The molecule has 3 heteroatoms. The highest BCUT2D eigenvalue weighted by molar-refractivity contribution is 6.30. The number of hydrogen-bond donors (Lipinski definition) is 1. The van der Waals surface area contributed by atoms with E-state index < -0.39 is 0 Å². The Hall–Kier alpha value is -0.730. The number of halogens is 1. The fraction of sp³-hybridized carbons (Fsp3) is 0.250. The summed E-state index contributed by atoms with van der Waals surface area (Å²) in [7, 11) is 1.93. The van der Waals surface area contributed by atoms with Gasteiger partial charge >= 0.3 is 0 Å². The largest absolute Gasteiger partial charge is 0.362 e. The fourth-order valence-corrected chi connectivity index (χ4v) is 0.927. The van der Waals surface area contributed by atoms with Crippen LogP contribution in [0, 0.1) is 0 Å². The highest BCUT2D eigenvalue weighted by Gasteiger charge is 1.95. The van der Waals surface area contributed by atoms with E-state index in [0.29, 0.717) is 6.67 Å². The van der Waals surface area contributed by atoms with Gasteiger partial charge in [0.05, 0.1) is 6.67 Å². The molecule has 0 spiro atoms. The van der Waals surface area contributed by atoms with Crippen molar-refractivity contribution < 1.29 is 0 Å². The molecule has 0 saturated heterocycles. The molecular weight excluding hydrogens is 160 g/mol. The molecule has 0 atom stereocenters. The number of rotatable bonds is 2. The lowest BCUT2D eigenvalue weighted by Crippen LogP contribution is -2.24. The van der Waals surface area contributed by atoms with Gasteiger partial charge < -0.3 is 10.6 Å². The van der Waals surface area contributed by atoms with Crippen molar-refractivity contribution in [1.82, 2.24) is 0 Å². The van der Waals surface area contributed by atoms with E-state index in [4.69, 9.17) is 17.3 Å². The van der Waals surface area contributed by atoms with Crippen molar-refractivity contribution in [3.8, 4) is 0 Å². The minimum atomic E-state index is 0.516. The molecule has 0 saturated carbocycles. The second-order valence-electron chi connectivity index (χ2n) is 2.36. The summed E-state index contributed by atoms with van der Waals surface area (Å²) in [6.07, 6.45) is 0. The highest BCUT2D eigenvalue weighted by atomic mass is 35.5. The Morgan fingerprint density at radius 1 is 1.36 bits per heavy atom. The molecule has 0 aliphatic carbocycles. The average molecular weight is 171 g/mol. The first-order valence-electron chi connectivity index (χ1n) is 3.41. The molecule has 60 valence electrons. The summed E-state index contributed by atoms with van der Waals surface area (Å²) < 4.78 is 0. The summed E-state index contributed by atoms with van der Waals surface area (Å²) in [5.74, 6) is 0. The van der Waals surface area contributed by atoms with Crippen LogP contribution in [0.1, 0.15) is 0 Å². The van der Waals surface area contributed by atoms with Crippen LogP contribution in [-0.4, -0.2) is 13.7 Å². The molecule has 0 aliphatic rings. The summed E-state index contributed by atoms with van der Waals surface area (Å²) in [6.45, 7) is 0.516. The first-order valence-corrected chi connectivity index (χ1v) is 3.78. The van der Waals surface area contributed by atoms with Crippen molar-refractivity contribution in [2.24, 2.45) is 5.73 Å². The standard InChI is InChI=1S/C8H11ClN2/c1-11(6-10)8-4-2-7(9)3-5-8/h2-5H,6,10H2,1H3. The molecule has 0 heterocycles. The van der Waals surface area contributed by atoms with E-state index in [2.05, 4.69) is 0 Å². The minimum Gasteiger partial charge on any atom is -0.362 e. The summed E-state index contributed by atoms with van der Waals surface area (Å²) in [4.78, 5) is 1.94. The lowest BCUT2D eigenvalue weighted by Gasteiger charge is -2.15.